The standard InChI is InChI=1S/C10H22N2O.2ClH/c1-3-10(2)12-6-4-11(5-7-12)8-9-13;;/h10,13H,3-9H2,1-2H3;2*1H. The lowest BCUT2D eigenvalue weighted by Gasteiger charge is -2.37. The van der Waals surface area contributed by atoms with Gasteiger partial charge < -0.3 is 5.11 Å². The number of piperazine rings is 1. The van der Waals surface area contributed by atoms with E-state index in [-0.39, 0.29) is 24.8 Å². The highest BCUT2D eigenvalue weighted by molar-refractivity contribution is 5.85. The second kappa shape index (κ2) is 9.67. The summed E-state index contributed by atoms with van der Waals surface area (Å²) in [5.41, 5.74) is 0. The minimum Gasteiger partial charge on any atom is -0.395 e. The lowest BCUT2D eigenvalue weighted by atomic mass is 10.2. The highest BCUT2D eigenvalue weighted by Gasteiger charge is 2.19. The van der Waals surface area contributed by atoms with E-state index in [9.17, 15) is 0 Å². The van der Waals surface area contributed by atoms with E-state index in [4.69, 9.17) is 5.11 Å². The van der Waals surface area contributed by atoms with Crippen LogP contribution < -0.4 is 0 Å². The number of aliphatic hydroxyl groups excluding tert-OH is 1. The van der Waals surface area contributed by atoms with Gasteiger partial charge in [0.25, 0.3) is 0 Å². The van der Waals surface area contributed by atoms with E-state index in [1.54, 1.807) is 0 Å². The van der Waals surface area contributed by atoms with Gasteiger partial charge in [0.15, 0.2) is 0 Å². The molecule has 0 amide bonds. The third kappa shape index (κ3) is 5.93. The minimum absolute atomic E-state index is 0. The molecule has 3 nitrogen and oxygen atoms in total. The lowest BCUT2D eigenvalue weighted by molar-refractivity contribution is 0.0876. The van der Waals surface area contributed by atoms with Crippen molar-refractivity contribution < 1.29 is 5.11 Å². The summed E-state index contributed by atoms with van der Waals surface area (Å²) < 4.78 is 0. The summed E-state index contributed by atoms with van der Waals surface area (Å²) in [5, 5.41) is 8.78. The van der Waals surface area contributed by atoms with Gasteiger partial charge in [-0.1, -0.05) is 6.92 Å². The van der Waals surface area contributed by atoms with E-state index < -0.39 is 0 Å². The van der Waals surface area contributed by atoms with Crippen molar-refractivity contribution in [3.05, 3.63) is 0 Å². The highest BCUT2D eigenvalue weighted by Crippen LogP contribution is 2.07. The van der Waals surface area contributed by atoms with E-state index in [0.29, 0.717) is 6.61 Å². The quantitative estimate of drug-likeness (QED) is 0.823. The van der Waals surface area contributed by atoms with E-state index in [0.717, 1.165) is 38.8 Å². The maximum Gasteiger partial charge on any atom is 0.0558 e. The highest BCUT2D eigenvalue weighted by atomic mass is 35.5. The monoisotopic (exact) mass is 258 g/mol. The number of β-amino-alcohol motifs (C(OH)–C–C–N with tert-alkyl or cyclic N) is 1. The molecule has 0 aliphatic carbocycles. The number of rotatable bonds is 4. The van der Waals surface area contributed by atoms with Crippen LogP contribution in [-0.2, 0) is 0 Å². The summed E-state index contributed by atoms with van der Waals surface area (Å²) in [6.07, 6.45) is 1.24. The zero-order chi connectivity index (χ0) is 9.68. The topological polar surface area (TPSA) is 26.7 Å². The number of hydrogen-bond acceptors (Lipinski definition) is 3. The van der Waals surface area contributed by atoms with Gasteiger partial charge in [-0.15, -0.1) is 24.8 Å². The van der Waals surface area contributed by atoms with Crippen LogP contribution in [0.2, 0.25) is 0 Å². The van der Waals surface area contributed by atoms with Gasteiger partial charge in [0.1, 0.15) is 0 Å². The molecule has 5 heteroatoms. The zero-order valence-corrected chi connectivity index (χ0v) is 11.3. The van der Waals surface area contributed by atoms with Gasteiger partial charge in [0, 0.05) is 38.8 Å². The first-order valence-electron chi connectivity index (χ1n) is 5.35. The first-order chi connectivity index (χ1) is 6.27. The average Bonchev–Trinajstić information content (AvgIpc) is 2.18. The van der Waals surface area contributed by atoms with Crippen LogP contribution in [-0.4, -0.2) is 60.3 Å². The molecule has 1 atom stereocenters. The molecule has 0 saturated carbocycles. The predicted molar refractivity (Wildman–Crippen MR) is 69.3 cm³/mol. The summed E-state index contributed by atoms with van der Waals surface area (Å²) in [4.78, 5) is 4.87. The van der Waals surface area contributed by atoms with Crippen LogP contribution in [0.3, 0.4) is 0 Å². The summed E-state index contributed by atoms with van der Waals surface area (Å²) in [6.45, 7) is 10.2. The maximum absolute atomic E-state index is 8.78. The van der Waals surface area contributed by atoms with Gasteiger partial charge in [0.2, 0.25) is 0 Å². The predicted octanol–water partition coefficient (Wildman–Crippen LogP) is 1.24. The average molecular weight is 259 g/mol. The zero-order valence-electron chi connectivity index (χ0n) is 9.69. The maximum atomic E-state index is 8.78. The second-order valence-electron chi connectivity index (χ2n) is 3.86. The van der Waals surface area contributed by atoms with Crippen LogP contribution in [0.25, 0.3) is 0 Å². The van der Waals surface area contributed by atoms with Crippen LogP contribution in [0.5, 0.6) is 0 Å². The molecule has 1 heterocycles. The molecule has 0 bridgehead atoms. The van der Waals surface area contributed by atoms with Crippen LogP contribution >= 0.6 is 24.8 Å². The molecule has 0 radical (unpaired) electrons. The van der Waals surface area contributed by atoms with E-state index in [1.807, 2.05) is 0 Å². The Morgan fingerprint density at radius 2 is 1.67 bits per heavy atom. The Labute approximate surface area is 106 Å². The lowest BCUT2D eigenvalue weighted by Crippen LogP contribution is -2.49. The fourth-order valence-corrected chi connectivity index (χ4v) is 1.83. The molecule has 1 aliphatic rings. The third-order valence-electron chi connectivity index (χ3n) is 3.04. The molecule has 1 fully saturated rings. The summed E-state index contributed by atoms with van der Waals surface area (Å²) >= 11 is 0. The molecule has 0 aromatic heterocycles. The molecule has 1 unspecified atom stereocenters. The molecular weight excluding hydrogens is 235 g/mol. The smallest absolute Gasteiger partial charge is 0.0558 e. The normalized spacial score (nSPS) is 20.2. The van der Waals surface area contributed by atoms with Crippen LogP contribution in [0.1, 0.15) is 20.3 Å². The number of halogens is 2. The Balaban J connectivity index is 0. The van der Waals surface area contributed by atoms with Gasteiger partial charge in [-0.2, -0.15) is 0 Å². The SMILES string of the molecule is CCC(C)N1CCN(CCO)CC1.Cl.Cl. The van der Waals surface area contributed by atoms with Crippen molar-refractivity contribution in [3.63, 3.8) is 0 Å². The van der Waals surface area contributed by atoms with Crippen molar-refractivity contribution >= 4 is 24.8 Å². The molecule has 0 aromatic carbocycles. The number of hydrogen-bond donors (Lipinski definition) is 1. The summed E-state index contributed by atoms with van der Waals surface area (Å²) in [5.74, 6) is 0. The molecule has 1 aliphatic heterocycles. The Hall–Kier alpha value is 0.460. The number of aliphatic hydroxyl groups is 1. The fourth-order valence-electron chi connectivity index (χ4n) is 1.83. The van der Waals surface area contributed by atoms with Crippen LogP contribution in [0.4, 0.5) is 0 Å². The molecule has 0 spiro atoms. The van der Waals surface area contributed by atoms with Gasteiger partial charge in [0.05, 0.1) is 6.61 Å². The molecule has 1 saturated heterocycles. The van der Waals surface area contributed by atoms with Gasteiger partial charge >= 0.3 is 0 Å². The Bertz CT molecular complexity index is 141. The van der Waals surface area contributed by atoms with Crippen molar-refractivity contribution in [2.75, 3.05) is 39.3 Å². The minimum atomic E-state index is 0. The second-order valence-corrected chi connectivity index (χ2v) is 3.86. The fraction of sp³-hybridized carbons (Fsp3) is 1.00. The van der Waals surface area contributed by atoms with Crippen LogP contribution in [0, 0.1) is 0 Å². The van der Waals surface area contributed by atoms with Gasteiger partial charge in [-0.05, 0) is 13.3 Å². The van der Waals surface area contributed by atoms with E-state index in [1.165, 1.54) is 6.42 Å². The summed E-state index contributed by atoms with van der Waals surface area (Å²) in [6, 6.07) is 0.719. The molecule has 1 rings (SSSR count). The molecule has 94 valence electrons. The van der Waals surface area contributed by atoms with E-state index >= 15 is 0 Å². The van der Waals surface area contributed by atoms with Crippen molar-refractivity contribution in [2.24, 2.45) is 0 Å². The molecular formula is C10H24Cl2N2O. The molecule has 0 aromatic rings. The third-order valence-corrected chi connectivity index (χ3v) is 3.04. The molecule has 15 heavy (non-hydrogen) atoms. The summed E-state index contributed by atoms with van der Waals surface area (Å²) in [7, 11) is 0. The van der Waals surface area contributed by atoms with Crippen molar-refractivity contribution in [2.45, 2.75) is 26.3 Å². The van der Waals surface area contributed by atoms with Gasteiger partial charge in [-0.25, -0.2) is 0 Å². The first kappa shape index (κ1) is 17.8. The van der Waals surface area contributed by atoms with E-state index in [2.05, 4.69) is 23.6 Å². The number of nitrogens with zero attached hydrogens (tertiary/aromatic N) is 2. The largest absolute Gasteiger partial charge is 0.395 e. The first-order valence-corrected chi connectivity index (χ1v) is 5.35. The van der Waals surface area contributed by atoms with Crippen molar-refractivity contribution in [3.8, 4) is 0 Å². The Kier molecular flexibility index (Phi) is 11.5. The Morgan fingerprint density at radius 1 is 1.13 bits per heavy atom. The van der Waals surface area contributed by atoms with Crippen molar-refractivity contribution in [1.29, 1.82) is 0 Å². The van der Waals surface area contributed by atoms with Gasteiger partial charge in [-0.3, -0.25) is 9.80 Å². The van der Waals surface area contributed by atoms with Crippen molar-refractivity contribution in [1.82, 2.24) is 9.80 Å². The molecule has 1 N–H and O–H groups in total. The van der Waals surface area contributed by atoms with Crippen LogP contribution in [0.15, 0.2) is 0 Å². The Morgan fingerprint density at radius 3 is 2.07 bits per heavy atom.